The number of hydrogen-bond acceptors (Lipinski definition) is 7. The van der Waals surface area contributed by atoms with Gasteiger partial charge in [-0.1, -0.05) is 55.9 Å². The van der Waals surface area contributed by atoms with Gasteiger partial charge in [-0.25, -0.2) is 13.1 Å². The van der Waals surface area contributed by atoms with Crippen LogP contribution in [0, 0.1) is 6.92 Å². The van der Waals surface area contributed by atoms with Crippen molar-refractivity contribution in [1.82, 2.24) is 19.2 Å². The molecule has 1 atom stereocenters. The number of nitrogens with one attached hydrogen (secondary N) is 1. The third kappa shape index (κ3) is 5.37. The second kappa shape index (κ2) is 10.4. The summed E-state index contributed by atoms with van der Waals surface area (Å²) in [5.74, 6) is 6.33. The van der Waals surface area contributed by atoms with E-state index in [2.05, 4.69) is 15.5 Å². The molecule has 2 aromatic carbocycles. The van der Waals surface area contributed by atoms with E-state index in [1.807, 2.05) is 31.2 Å². The van der Waals surface area contributed by atoms with E-state index in [1.54, 1.807) is 39.0 Å². The Morgan fingerprint density at radius 2 is 1.85 bits per heavy atom. The van der Waals surface area contributed by atoms with Crippen molar-refractivity contribution < 1.29 is 13.2 Å². The van der Waals surface area contributed by atoms with Crippen molar-refractivity contribution in [2.75, 3.05) is 24.2 Å². The summed E-state index contributed by atoms with van der Waals surface area (Å²) in [4.78, 5) is 12.8. The molecule has 0 aliphatic carbocycles. The summed E-state index contributed by atoms with van der Waals surface area (Å²) in [6.07, 6.45) is 0. The van der Waals surface area contributed by atoms with Crippen LogP contribution in [0.15, 0.2) is 58.6 Å². The van der Waals surface area contributed by atoms with Gasteiger partial charge in [0.25, 0.3) is 0 Å². The average molecular weight is 489 g/mol. The van der Waals surface area contributed by atoms with Crippen LogP contribution in [0.4, 0.5) is 5.69 Å². The Morgan fingerprint density at radius 1 is 1.15 bits per heavy atom. The van der Waals surface area contributed by atoms with E-state index in [1.165, 1.54) is 26.8 Å². The molecular weight excluding hydrogens is 460 g/mol. The molecule has 3 N–H and O–H groups in total. The van der Waals surface area contributed by atoms with Crippen molar-refractivity contribution >= 4 is 33.4 Å². The third-order valence-electron chi connectivity index (χ3n) is 5.15. The number of carbonyl (C=O) groups is 1. The maximum Gasteiger partial charge on any atom is 0.243 e. The zero-order chi connectivity index (χ0) is 24.2. The van der Waals surface area contributed by atoms with E-state index in [0.29, 0.717) is 29.6 Å². The van der Waals surface area contributed by atoms with Gasteiger partial charge in [-0.3, -0.25) is 4.79 Å². The van der Waals surface area contributed by atoms with Gasteiger partial charge in [-0.2, -0.15) is 4.31 Å². The van der Waals surface area contributed by atoms with E-state index in [0.717, 1.165) is 11.3 Å². The van der Waals surface area contributed by atoms with Gasteiger partial charge < -0.3 is 11.2 Å². The van der Waals surface area contributed by atoms with Crippen molar-refractivity contribution in [1.29, 1.82) is 0 Å². The van der Waals surface area contributed by atoms with Crippen LogP contribution in [0.1, 0.15) is 26.3 Å². The number of nitrogens with two attached hydrogens (primary N) is 1. The topological polar surface area (TPSA) is 123 Å². The molecule has 9 nitrogen and oxygen atoms in total. The molecule has 0 saturated heterocycles. The number of thioether (sulfide) groups is 1. The molecule has 0 bridgehead atoms. The second-order valence-electron chi connectivity index (χ2n) is 7.36. The molecule has 0 radical (unpaired) electrons. The first kappa shape index (κ1) is 24.7. The average Bonchev–Trinajstić information content (AvgIpc) is 3.16. The molecule has 3 rings (SSSR count). The van der Waals surface area contributed by atoms with E-state index >= 15 is 0 Å². The van der Waals surface area contributed by atoms with E-state index in [9.17, 15) is 13.2 Å². The van der Waals surface area contributed by atoms with Gasteiger partial charge >= 0.3 is 0 Å². The Morgan fingerprint density at radius 3 is 2.52 bits per heavy atom. The van der Waals surface area contributed by atoms with Crippen LogP contribution in [0.3, 0.4) is 0 Å². The second-order valence-corrected chi connectivity index (χ2v) is 10.6. The summed E-state index contributed by atoms with van der Waals surface area (Å²) in [6.45, 7) is 8.01. The van der Waals surface area contributed by atoms with Crippen LogP contribution in [-0.2, 0) is 14.8 Å². The largest absolute Gasteiger partial charge is 0.335 e. The molecule has 0 unspecified atom stereocenters. The van der Waals surface area contributed by atoms with Gasteiger partial charge in [0.2, 0.25) is 21.1 Å². The SMILES string of the molecule is CCN(CC)S(=O)(=O)c1cccc(-c2nnc(S[C@@H](C)C(=O)Nc3ccccc3C)n2N)c1. The number of benzene rings is 2. The van der Waals surface area contributed by atoms with Crippen molar-refractivity contribution in [3.63, 3.8) is 0 Å². The van der Waals surface area contributed by atoms with Gasteiger partial charge in [0.05, 0.1) is 10.1 Å². The molecule has 3 aromatic rings. The quantitative estimate of drug-likeness (QED) is 0.350. The van der Waals surface area contributed by atoms with Crippen LogP contribution >= 0.6 is 11.8 Å². The summed E-state index contributed by atoms with van der Waals surface area (Å²) in [5.41, 5.74) is 2.23. The number of sulfonamides is 1. The molecule has 1 amide bonds. The van der Waals surface area contributed by atoms with Crippen molar-refractivity contribution in [2.24, 2.45) is 0 Å². The first-order valence-corrected chi connectivity index (χ1v) is 12.8. The van der Waals surface area contributed by atoms with Crippen LogP contribution in [0.2, 0.25) is 0 Å². The van der Waals surface area contributed by atoms with Gasteiger partial charge in [-0.05, 0) is 37.6 Å². The minimum atomic E-state index is -3.62. The van der Waals surface area contributed by atoms with Crippen LogP contribution in [0.25, 0.3) is 11.4 Å². The lowest BCUT2D eigenvalue weighted by Gasteiger charge is -2.18. The molecule has 0 spiro atoms. The number of rotatable bonds is 9. The molecule has 1 heterocycles. The molecule has 1 aromatic heterocycles. The molecule has 176 valence electrons. The molecule has 33 heavy (non-hydrogen) atoms. The molecular formula is C22H28N6O3S2. The van der Waals surface area contributed by atoms with Gasteiger partial charge in [0, 0.05) is 24.3 Å². The highest BCUT2D eigenvalue weighted by molar-refractivity contribution is 8.00. The normalized spacial score (nSPS) is 12.6. The van der Waals surface area contributed by atoms with Crippen molar-refractivity contribution in [2.45, 2.75) is 43.0 Å². The maximum atomic E-state index is 12.9. The van der Waals surface area contributed by atoms with Gasteiger partial charge in [-0.15, -0.1) is 10.2 Å². The fourth-order valence-corrected chi connectivity index (χ4v) is 5.50. The number of carbonyl (C=O) groups excluding carboxylic acids is 1. The molecule has 11 heteroatoms. The van der Waals surface area contributed by atoms with Crippen LogP contribution in [-0.4, -0.2) is 51.8 Å². The summed E-state index contributed by atoms with van der Waals surface area (Å²) in [5, 5.41) is 11.0. The number of nitrogens with zero attached hydrogens (tertiary/aromatic N) is 4. The lowest BCUT2D eigenvalue weighted by atomic mass is 10.2. The highest BCUT2D eigenvalue weighted by Crippen LogP contribution is 2.27. The summed E-state index contributed by atoms with van der Waals surface area (Å²) < 4.78 is 28.4. The number of amides is 1. The Bertz CT molecular complexity index is 1240. The van der Waals surface area contributed by atoms with Crippen molar-refractivity contribution in [3.8, 4) is 11.4 Å². The molecule has 0 fully saturated rings. The Balaban J connectivity index is 1.80. The number of anilines is 1. The minimum absolute atomic E-state index is 0.159. The number of aromatic nitrogens is 3. The zero-order valence-corrected chi connectivity index (χ0v) is 20.7. The summed E-state index contributed by atoms with van der Waals surface area (Å²) in [7, 11) is -3.62. The van der Waals surface area contributed by atoms with E-state index in [-0.39, 0.29) is 10.8 Å². The smallest absolute Gasteiger partial charge is 0.243 e. The Labute approximate surface area is 198 Å². The highest BCUT2D eigenvalue weighted by Gasteiger charge is 2.24. The van der Waals surface area contributed by atoms with E-state index in [4.69, 9.17) is 5.84 Å². The number of para-hydroxylation sites is 1. The maximum absolute atomic E-state index is 12.9. The fraction of sp³-hybridized carbons (Fsp3) is 0.318. The Kier molecular flexibility index (Phi) is 7.77. The predicted octanol–water partition coefficient (Wildman–Crippen LogP) is 3.12. The lowest BCUT2D eigenvalue weighted by molar-refractivity contribution is -0.115. The first-order valence-electron chi connectivity index (χ1n) is 10.5. The number of aryl methyl sites for hydroxylation is 1. The number of nitrogen functional groups attached to an aromatic ring is 1. The van der Waals surface area contributed by atoms with Gasteiger partial charge in [0.1, 0.15) is 0 Å². The number of hydrogen-bond donors (Lipinski definition) is 2. The fourth-order valence-electron chi connectivity index (χ4n) is 3.22. The summed E-state index contributed by atoms with van der Waals surface area (Å²) in [6, 6.07) is 14.0. The summed E-state index contributed by atoms with van der Waals surface area (Å²) >= 11 is 1.17. The molecule has 0 aliphatic rings. The zero-order valence-electron chi connectivity index (χ0n) is 19.0. The van der Waals surface area contributed by atoms with Crippen molar-refractivity contribution in [3.05, 3.63) is 54.1 Å². The molecule has 0 saturated carbocycles. The van der Waals surface area contributed by atoms with Gasteiger partial charge in [0.15, 0.2) is 5.82 Å². The monoisotopic (exact) mass is 488 g/mol. The highest BCUT2D eigenvalue weighted by atomic mass is 32.2. The Hall–Kier alpha value is -2.89. The van der Waals surface area contributed by atoms with E-state index < -0.39 is 15.3 Å². The minimum Gasteiger partial charge on any atom is -0.335 e. The third-order valence-corrected chi connectivity index (χ3v) is 8.26. The predicted molar refractivity (Wildman–Crippen MR) is 131 cm³/mol. The molecule has 0 aliphatic heterocycles. The van der Waals surface area contributed by atoms with Crippen LogP contribution < -0.4 is 11.2 Å². The van der Waals surface area contributed by atoms with Crippen LogP contribution in [0.5, 0.6) is 0 Å². The standard InChI is InChI=1S/C22H28N6O3S2/c1-5-27(6-2)33(30,31)18-12-9-11-17(14-18)20-25-26-22(28(20)23)32-16(4)21(29)24-19-13-8-7-10-15(19)3/h7-14,16H,5-6,23H2,1-4H3,(H,24,29)/t16-/m0/s1. The first-order chi connectivity index (χ1) is 15.7. The lowest BCUT2D eigenvalue weighted by Crippen LogP contribution is -2.30.